The monoisotopic (exact) mass is 598 g/mol. The zero-order valence-electron chi connectivity index (χ0n) is 17.7. The Bertz CT molecular complexity index is 1240. The zero-order chi connectivity index (χ0) is 27.4. The quantitative estimate of drug-likeness (QED) is 0.182. The van der Waals surface area contributed by atoms with Crippen molar-refractivity contribution in [1.29, 1.82) is 0 Å². The van der Waals surface area contributed by atoms with Gasteiger partial charge in [0.05, 0.1) is 0 Å². The molecule has 0 saturated heterocycles. The third kappa shape index (κ3) is 4.26. The first kappa shape index (κ1) is 26.6. The Balaban J connectivity index is 2.33. The molecule has 0 amide bonds. The first-order chi connectivity index (χ1) is 17.3. The van der Waals surface area contributed by atoms with Crippen LogP contribution in [0.2, 0.25) is 0 Å². The fraction of sp³-hybridized carbons (Fsp3) is 0. The van der Waals surface area contributed by atoms with Gasteiger partial charge in [0, 0.05) is 0 Å². The molecule has 0 aliphatic heterocycles. The Morgan fingerprint density at radius 3 is 0.541 bits per heavy atom. The van der Waals surface area contributed by atoms with Crippen LogP contribution in [0.25, 0.3) is 0 Å². The van der Waals surface area contributed by atoms with Gasteiger partial charge in [0.1, 0.15) is 0 Å². The van der Waals surface area contributed by atoms with Crippen molar-refractivity contribution in [3.63, 3.8) is 0 Å². The molecule has 4 aromatic rings. The molecule has 192 valence electrons. The first-order valence-corrected chi connectivity index (χ1v) is 14.1. The van der Waals surface area contributed by atoms with Crippen molar-refractivity contribution in [2.75, 3.05) is 0 Å². The summed E-state index contributed by atoms with van der Waals surface area (Å²) in [4.78, 5) is 0. The van der Waals surface area contributed by atoms with Crippen molar-refractivity contribution in [2.45, 2.75) is 0 Å². The summed E-state index contributed by atoms with van der Waals surface area (Å²) >= 11 is -6.00. The summed E-state index contributed by atoms with van der Waals surface area (Å²) < 4.78 is 167. The van der Waals surface area contributed by atoms with Crippen LogP contribution < -0.4 is 17.6 Å². The van der Waals surface area contributed by atoms with Gasteiger partial charge >= 0.3 is 202 Å². The molecule has 0 nitrogen and oxygen atoms in total. The van der Waals surface area contributed by atoms with Crippen LogP contribution in [0.15, 0.2) is 48.5 Å². The van der Waals surface area contributed by atoms with Crippen molar-refractivity contribution < 1.29 is 52.7 Å². The molecule has 0 radical (unpaired) electrons. The van der Waals surface area contributed by atoms with E-state index in [1.165, 1.54) is 0 Å². The number of halogens is 12. The molecule has 13 heteroatoms. The van der Waals surface area contributed by atoms with E-state index in [0.29, 0.717) is 0 Å². The minimum atomic E-state index is -6.00. The van der Waals surface area contributed by atoms with Crippen LogP contribution >= 0.6 is 0 Å². The topological polar surface area (TPSA) is 0 Å². The zero-order valence-corrected chi connectivity index (χ0v) is 19.8. The van der Waals surface area contributed by atoms with Crippen LogP contribution in [0, 0.1) is 69.8 Å². The first-order valence-electron chi connectivity index (χ1n) is 9.89. The fourth-order valence-corrected chi connectivity index (χ4v) is 14.0. The average molecular weight is 597 g/mol. The number of hydrogen-bond donors (Lipinski definition) is 0. The maximum absolute atomic E-state index is 14.4. The molecule has 37 heavy (non-hydrogen) atoms. The summed E-state index contributed by atoms with van der Waals surface area (Å²) in [6, 6.07) is 1.86. The van der Waals surface area contributed by atoms with E-state index in [2.05, 4.69) is 0 Å². The summed E-state index contributed by atoms with van der Waals surface area (Å²) in [6.07, 6.45) is 0. The molecular formula is C24H8F12Ge. The summed E-state index contributed by atoms with van der Waals surface area (Å²) in [5.74, 6) is -23.7. The van der Waals surface area contributed by atoms with Crippen LogP contribution in [0.3, 0.4) is 0 Å². The Kier molecular flexibility index (Phi) is 6.82. The molecule has 0 fully saturated rings. The van der Waals surface area contributed by atoms with Crippen molar-refractivity contribution >= 4 is 30.8 Å². The van der Waals surface area contributed by atoms with Crippen LogP contribution in [0.4, 0.5) is 52.7 Å². The van der Waals surface area contributed by atoms with Gasteiger partial charge in [-0.1, -0.05) is 0 Å². The molecule has 0 unspecified atom stereocenters. The molecule has 0 spiro atoms. The number of benzene rings is 4. The second kappa shape index (κ2) is 9.47. The molecule has 0 aromatic heterocycles. The van der Waals surface area contributed by atoms with Crippen molar-refractivity contribution in [2.24, 2.45) is 0 Å². The third-order valence-corrected chi connectivity index (χ3v) is 15.4. The molecule has 0 N–H and O–H groups in total. The van der Waals surface area contributed by atoms with Gasteiger partial charge < -0.3 is 0 Å². The van der Waals surface area contributed by atoms with E-state index in [1.54, 1.807) is 0 Å². The Hall–Kier alpha value is -3.42. The van der Waals surface area contributed by atoms with Gasteiger partial charge in [-0.3, -0.25) is 0 Å². The molecule has 0 saturated carbocycles. The standard InChI is InChI=1S/C24H8F12Ge/c25-13-1-9(2-14(26)21(13)33)37(10-3-15(27)22(34)16(28)4-10,11-5-17(29)23(35)18(30)6-11)12-7-19(31)24(36)20(32)8-12/h1-8H. The summed E-state index contributed by atoms with van der Waals surface area (Å²) in [5, 5.41) is 0. The van der Waals surface area contributed by atoms with Gasteiger partial charge in [-0.2, -0.15) is 0 Å². The third-order valence-electron chi connectivity index (χ3n) is 5.67. The van der Waals surface area contributed by atoms with Crippen LogP contribution in [0.5, 0.6) is 0 Å². The second-order valence-electron chi connectivity index (χ2n) is 7.77. The average Bonchev–Trinajstić information content (AvgIpc) is 2.83. The predicted molar refractivity (Wildman–Crippen MR) is 110 cm³/mol. The molecule has 0 aliphatic carbocycles. The molecule has 0 aliphatic rings. The van der Waals surface area contributed by atoms with E-state index in [1.807, 2.05) is 0 Å². The van der Waals surface area contributed by atoms with Gasteiger partial charge in [0.15, 0.2) is 0 Å². The van der Waals surface area contributed by atoms with Crippen molar-refractivity contribution in [3.05, 3.63) is 118 Å². The number of hydrogen-bond acceptors (Lipinski definition) is 0. The van der Waals surface area contributed by atoms with E-state index >= 15 is 0 Å². The molecule has 0 bridgehead atoms. The summed E-state index contributed by atoms with van der Waals surface area (Å²) in [7, 11) is 0. The predicted octanol–water partition coefficient (Wildman–Crippen LogP) is 4.73. The molecular weight excluding hydrogens is 589 g/mol. The fourth-order valence-electron chi connectivity index (χ4n) is 4.09. The van der Waals surface area contributed by atoms with E-state index in [0.717, 1.165) is 0 Å². The van der Waals surface area contributed by atoms with Crippen molar-refractivity contribution in [3.8, 4) is 0 Å². The van der Waals surface area contributed by atoms with Crippen LogP contribution in [-0.4, -0.2) is 13.3 Å². The van der Waals surface area contributed by atoms with Gasteiger partial charge in [-0.05, 0) is 0 Å². The maximum atomic E-state index is 14.4. The summed E-state index contributed by atoms with van der Waals surface area (Å²) in [6.45, 7) is 0. The SMILES string of the molecule is Fc1c[c]([Ge]([c]2cc(F)c(F)c(F)c2)([c]2cc(F)c(F)c(F)c2)[c]2cc(F)c(F)c(F)c2)cc(F)c1F. The Morgan fingerprint density at radius 2 is 0.405 bits per heavy atom. The van der Waals surface area contributed by atoms with Gasteiger partial charge in [-0.15, -0.1) is 0 Å². The van der Waals surface area contributed by atoms with Gasteiger partial charge in [0.25, 0.3) is 0 Å². The molecule has 0 heterocycles. The van der Waals surface area contributed by atoms with E-state index in [9.17, 15) is 52.7 Å². The van der Waals surface area contributed by atoms with Gasteiger partial charge in [0.2, 0.25) is 0 Å². The van der Waals surface area contributed by atoms with E-state index in [4.69, 9.17) is 0 Å². The Labute approximate surface area is 202 Å². The van der Waals surface area contributed by atoms with Crippen LogP contribution in [-0.2, 0) is 0 Å². The normalized spacial score (nSPS) is 11.8. The van der Waals surface area contributed by atoms with E-state index in [-0.39, 0.29) is 48.5 Å². The molecule has 0 atom stereocenters. The van der Waals surface area contributed by atoms with Crippen molar-refractivity contribution in [1.82, 2.24) is 0 Å². The minimum absolute atomic E-state index is 0.232. The molecule has 4 rings (SSSR count). The second-order valence-corrected chi connectivity index (χ2v) is 15.8. The van der Waals surface area contributed by atoms with Gasteiger partial charge in [-0.25, -0.2) is 0 Å². The van der Waals surface area contributed by atoms with Crippen LogP contribution in [0.1, 0.15) is 0 Å². The van der Waals surface area contributed by atoms with E-state index < -0.39 is 101 Å². The Morgan fingerprint density at radius 1 is 0.270 bits per heavy atom. The molecule has 4 aromatic carbocycles. The number of rotatable bonds is 4. The summed E-state index contributed by atoms with van der Waals surface area (Å²) in [5.41, 5.74) is 0.